The molecule has 8 heteroatoms. The normalized spacial score (nSPS) is 27.7. The van der Waals surface area contributed by atoms with Crippen LogP contribution in [0.15, 0.2) is 30.3 Å². The number of nitrogens with one attached hydrogen (secondary N) is 1. The number of likely N-dealkylation sites (tertiary alicyclic amines) is 1. The van der Waals surface area contributed by atoms with Crippen molar-refractivity contribution in [2.24, 2.45) is 5.92 Å². The highest BCUT2D eigenvalue weighted by Crippen LogP contribution is 2.59. The van der Waals surface area contributed by atoms with E-state index in [2.05, 4.69) is 10.2 Å². The average molecular weight is 467 g/mol. The molecule has 2 fully saturated rings. The van der Waals surface area contributed by atoms with Crippen molar-refractivity contribution in [2.75, 3.05) is 18.5 Å². The minimum absolute atomic E-state index is 0.0204. The standard InChI is InChI=1S/C23H22Cl2F2N2O2/c24-17-3-1-2-14(21(17)27)15-8-13(6-7-30)29(11-12-4-5-12)23(15)16-9-19(26)18(25)10-20(16)28-22(23)31/h1-3,9-10,12-13,15,30H,4-8,11H2,(H,28,31)/t13-,15+,23-/m0/s1. The van der Waals surface area contributed by atoms with Crippen LogP contribution >= 0.6 is 23.2 Å². The number of aliphatic hydroxyl groups is 1. The van der Waals surface area contributed by atoms with Gasteiger partial charge in [0.25, 0.3) is 0 Å². The Bertz CT molecular complexity index is 1060. The number of anilines is 1. The highest BCUT2D eigenvalue weighted by Gasteiger charge is 2.63. The van der Waals surface area contributed by atoms with Gasteiger partial charge in [0.15, 0.2) is 0 Å². The highest BCUT2D eigenvalue weighted by molar-refractivity contribution is 6.31. The van der Waals surface area contributed by atoms with Crippen LogP contribution in [0.2, 0.25) is 10.0 Å². The number of hydrogen-bond donors (Lipinski definition) is 2. The van der Waals surface area contributed by atoms with Crippen molar-refractivity contribution in [2.45, 2.75) is 43.2 Å². The molecular formula is C23H22Cl2F2N2O2. The van der Waals surface area contributed by atoms with Crippen molar-refractivity contribution in [3.63, 3.8) is 0 Å². The van der Waals surface area contributed by atoms with Gasteiger partial charge in [0.1, 0.15) is 17.2 Å². The Morgan fingerprint density at radius 3 is 2.68 bits per heavy atom. The van der Waals surface area contributed by atoms with E-state index in [0.717, 1.165) is 12.8 Å². The van der Waals surface area contributed by atoms with Crippen LogP contribution < -0.4 is 5.32 Å². The Morgan fingerprint density at radius 2 is 1.97 bits per heavy atom. The summed E-state index contributed by atoms with van der Waals surface area (Å²) in [5.74, 6) is -1.69. The van der Waals surface area contributed by atoms with Gasteiger partial charge in [-0.1, -0.05) is 35.3 Å². The van der Waals surface area contributed by atoms with E-state index in [0.29, 0.717) is 42.1 Å². The zero-order valence-electron chi connectivity index (χ0n) is 16.7. The Labute approximate surface area is 189 Å². The fourth-order valence-electron chi connectivity index (χ4n) is 5.43. The molecule has 2 aliphatic heterocycles. The number of hydrogen-bond acceptors (Lipinski definition) is 3. The number of benzene rings is 2. The van der Waals surface area contributed by atoms with Gasteiger partial charge in [-0.05, 0) is 55.4 Å². The number of amides is 1. The maximum absolute atomic E-state index is 15.2. The third-order valence-electron chi connectivity index (χ3n) is 6.94. The summed E-state index contributed by atoms with van der Waals surface area (Å²) in [6.07, 6.45) is 2.99. The lowest BCUT2D eigenvalue weighted by Gasteiger charge is -2.40. The summed E-state index contributed by atoms with van der Waals surface area (Å²) in [6.45, 7) is 0.566. The van der Waals surface area contributed by atoms with E-state index in [1.165, 1.54) is 18.2 Å². The molecule has 3 atom stereocenters. The zero-order valence-corrected chi connectivity index (χ0v) is 18.2. The number of aliphatic hydroxyl groups excluding tert-OH is 1. The minimum atomic E-state index is -1.30. The second-order valence-electron chi connectivity index (χ2n) is 8.73. The molecule has 5 rings (SSSR count). The summed E-state index contributed by atoms with van der Waals surface area (Å²) in [4.78, 5) is 15.8. The molecule has 0 unspecified atom stereocenters. The molecule has 0 bridgehead atoms. The predicted octanol–water partition coefficient (Wildman–Crippen LogP) is 5.07. The maximum Gasteiger partial charge on any atom is 0.250 e. The van der Waals surface area contributed by atoms with Crippen molar-refractivity contribution in [3.8, 4) is 0 Å². The lowest BCUT2D eigenvalue weighted by Crippen LogP contribution is -2.53. The number of rotatable bonds is 5. The Hall–Kier alpha value is -1.73. The van der Waals surface area contributed by atoms with Crippen molar-refractivity contribution < 1.29 is 18.7 Å². The molecule has 2 aromatic carbocycles. The van der Waals surface area contributed by atoms with Crippen LogP contribution in [0.4, 0.5) is 14.5 Å². The second-order valence-corrected chi connectivity index (χ2v) is 9.54. The van der Waals surface area contributed by atoms with Crippen LogP contribution in [0.5, 0.6) is 0 Å². The van der Waals surface area contributed by atoms with Crippen molar-refractivity contribution in [1.29, 1.82) is 0 Å². The number of nitrogens with zero attached hydrogens (tertiary/aromatic N) is 1. The van der Waals surface area contributed by atoms with E-state index >= 15 is 4.39 Å². The van der Waals surface area contributed by atoms with Gasteiger partial charge in [-0.2, -0.15) is 0 Å². The smallest absolute Gasteiger partial charge is 0.250 e. The highest BCUT2D eigenvalue weighted by atomic mass is 35.5. The Kier molecular flexibility index (Phi) is 5.25. The number of halogens is 4. The third-order valence-corrected chi connectivity index (χ3v) is 7.52. The largest absolute Gasteiger partial charge is 0.396 e. The molecule has 1 amide bonds. The number of carbonyl (C=O) groups excluding carboxylic acids is 1. The fourth-order valence-corrected chi connectivity index (χ4v) is 5.78. The maximum atomic E-state index is 15.2. The lowest BCUT2D eigenvalue weighted by molar-refractivity contribution is -0.128. The van der Waals surface area contributed by atoms with Gasteiger partial charge in [-0.3, -0.25) is 9.69 Å². The monoisotopic (exact) mass is 466 g/mol. The van der Waals surface area contributed by atoms with Crippen molar-refractivity contribution in [1.82, 2.24) is 4.90 Å². The van der Waals surface area contributed by atoms with Gasteiger partial charge in [-0.15, -0.1) is 0 Å². The molecule has 1 spiro atoms. The first-order valence-electron chi connectivity index (χ1n) is 10.5. The van der Waals surface area contributed by atoms with Gasteiger partial charge >= 0.3 is 0 Å². The summed E-state index contributed by atoms with van der Waals surface area (Å²) in [5.41, 5.74) is -0.0689. The van der Waals surface area contributed by atoms with Gasteiger partial charge in [0, 0.05) is 36.4 Å². The molecule has 0 radical (unpaired) electrons. The molecule has 1 aliphatic carbocycles. The van der Waals surface area contributed by atoms with Crippen LogP contribution in [-0.4, -0.2) is 35.1 Å². The predicted molar refractivity (Wildman–Crippen MR) is 115 cm³/mol. The van der Waals surface area contributed by atoms with Crippen LogP contribution in [0, 0.1) is 17.6 Å². The summed E-state index contributed by atoms with van der Waals surface area (Å²) in [5, 5.41) is 12.5. The van der Waals surface area contributed by atoms with E-state index in [1.54, 1.807) is 12.1 Å². The molecule has 2 aromatic rings. The van der Waals surface area contributed by atoms with Gasteiger partial charge in [-0.25, -0.2) is 8.78 Å². The summed E-state index contributed by atoms with van der Waals surface area (Å²) in [6, 6.07) is 7.32. The van der Waals surface area contributed by atoms with E-state index in [-0.39, 0.29) is 28.6 Å². The summed E-state index contributed by atoms with van der Waals surface area (Å²) in [7, 11) is 0. The first kappa shape index (κ1) is 21.1. The minimum Gasteiger partial charge on any atom is -0.396 e. The quantitative estimate of drug-likeness (QED) is 0.646. The van der Waals surface area contributed by atoms with E-state index in [9.17, 15) is 14.3 Å². The van der Waals surface area contributed by atoms with Crippen molar-refractivity contribution >= 4 is 34.8 Å². The van der Waals surface area contributed by atoms with Crippen LogP contribution in [0.1, 0.15) is 42.7 Å². The molecule has 3 aliphatic rings. The molecule has 4 nitrogen and oxygen atoms in total. The first-order chi connectivity index (χ1) is 14.9. The average Bonchev–Trinajstić information content (AvgIpc) is 3.44. The summed E-state index contributed by atoms with van der Waals surface area (Å²) >= 11 is 12.1. The van der Waals surface area contributed by atoms with E-state index in [4.69, 9.17) is 23.2 Å². The molecule has 1 saturated heterocycles. The molecule has 1 saturated carbocycles. The molecule has 2 N–H and O–H groups in total. The molecule has 164 valence electrons. The SMILES string of the molecule is O=C1Nc2cc(Cl)c(F)cc2[C@@]12[C@@H](c1cccc(Cl)c1F)C[C@H](CCO)N2CC1CC1. The fraction of sp³-hybridized carbons (Fsp3) is 0.435. The second kappa shape index (κ2) is 7.69. The van der Waals surface area contributed by atoms with Crippen molar-refractivity contribution in [3.05, 3.63) is 63.1 Å². The van der Waals surface area contributed by atoms with Gasteiger partial charge in [0.2, 0.25) is 5.91 Å². The van der Waals surface area contributed by atoms with Crippen LogP contribution in [0.25, 0.3) is 0 Å². The molecule has 0 aromatic heterocycles. The zero-order chi connectivity index (χ0) is 21.9. The first-order valence-corrected chi connectivity index (χ1v) is 11.3. The number of carbonyl (C=O) groups is 1. The van der Waals surface area contributed by atoms with Gasteiger partial charge < -0.3 is 10.4 Å². The Morgan fingerprint density at radius 1 is 1.19 bits per heavy atom. The molecular weight excluding hydrogens is 445 g/mol. The lowest BCUT2D eigenvalue weighted by atomic mass is 9.75. The third kappa shape index (κ3) is 3.18. The summed E-state index contributed by atoms with van der Waals surface area (Å²) < 4.78 is 29.9. The molecule has 2 heterocycles. The van der Waals surface area contributed by atoms with Gasteiger partial charge in [0.05, 0.1) is 10.0 Å². The Balaban J connectivity index is 1.76. The van der Waals surface area contributed by atoms with Crippen LogP contribution in [-0.2, 0) is 10.3 Å². The number of fused-ring (bicyclic) bond motifs is 2. The van der Waals surface area contributed by atoms with E-state index < -0.39 is 23.1 Å². The van der Waals surface area contributed by atoms with E-state index in [1.807, 2.05) is 0 Å². The topological polar surface area (TPSA) is 52.6 Å². The molecule has 31 heavy (non-hydrogen) atoms. The van der Waals surface area contributed by atoms with Crippen LogP contribution in [0.3, 0.4) is 0 Å².